The highest BCUT2D eigenvalue weighted by Crippen LogP contribution is 2.46. The largest absolute Gasteiger partial charge is 0.0962 e. The number of halogens is 1. The fraction of sp³-hybridized carbons (Fsp3) is 1.00. The normalized spacial score (nSPS) is 14.3. The van der Waals surface area contributed by atoms with Gasteiger partial charge in [0.05, 0.1) is 0 Å². The van der Waals surface area contributed by atoms with Crippen molar-refractivity contribution >= 4 is 18.5 Å². The molecule has 0 aromatic heterocycles. The van der Waals surface area contributed by atoms with E-state index in [0.717, 1.165) is 0 Å². The zero-order chi connectivity index (χ0) is 7.28. The maximum absolute atomic E-state index is 6.06. The molecular weight excluding hydrogens is 151 g/mol. The quantitative estimate of drug-likeness (QED) is 0.557. The van der Waals surface area contributed by atoms with Gasteiger partial charge in [0.2, 0.25) is 0 Å². The summed E-state index contributed by atoms with van der Waals surface area (Å²) in [7, 11) is -0.173. The third-order valence-corrected chi connectivity index (χ3v) is 4.83. The zero-order valence-electron chi connectivity index (χ0n) is 6.52. The Hall–Kier alpha value is 0.720. The van der Waals surface area contributed by atoms with E-state index in [9.17, 15) is 0 Å². The van der Waals surface area contributed by atoms with Gasteiger partial charge in [0.15, 0.2) is 0 Å². The smallest absolute Gasteiger partial charge is 0.00712 e. The first-order valence-electron chi connectivity index (χ1n) is 3.61. The summed E-state index contributed by atoms with van der Waals surface area (Å²) in [5, 5.41) is 0. The molecular formula is C7H16ClP. The lowest BCUT2D eigenvalue weighted by Gasteiger charge is -2.11. The van der Waals surface area contributed by atoms with E-state index in [0.29, 0.717) is 5.66 Å². The van der Waals surface area contributed by atoms with Crippen LogP contribution < -0.4 is 0 Å². The standard InChI is InChI=1S/C7H16ClP/c1-4-5-6-9(8)7(2)3/h7H,4-6H2,1-3H3. The molecule has 2 heteroatoms. The van der Waals surface area contributed by atoms with Gasteiger partial charge in [-0.2, -0.15) is 0 Å². The highest BCUT2D eigenvalue weighted by Gasteiger charge is 2.06. The van der Waals surface area contributed by atoms with Crippen molar-refractivity contribution in [3.63, 3.8) is 0 Å². The first kappa shape index (κ1) is 9.72. The predicted molar refractivity (Wildman–Crippen MR) is 47.7 cm³/mol. The number of unbranched alkanes of at least 4 members (excludes halogenated alkanes) is 1. The number of hydrogen-bond donors (Lipinski definition) is 0. The molecule has 0 radical (unpaired) electrons. The number of rotatable bonds is 4. The minimum atomic E-state index is -0.173. The molecule has 0 N–H and O–H groups in total. The Morgan fingerprint density at radius 3 is 2.33 bits per heavy atom. The molecule has 0 aliphatic carbocycles. The molecule has 0 heterocycles. The summed E-state index contributed by atoms with van der Waals surface area (Å²) < 4.78 is 0. The van der Waals surface area contributed by atoms with Gasteiger partial charge in [-0.3, -0.25) is 0 Å². The van der Waals surface area contributed by atoms with Gasteiger partial charge in [0.1, 0.15) is 0 Å². The van der Waals surface area contributed by atoms with E-state index in [2.05, 4.69) is 20.8 Å². The second-order valence-electron chi connectivity index (χ2n) is 2.57. The molecule has 0 saturated heterocycles. The van der Waals surface area contributed by atoms with Crippen LogP contribution in [0.5, 0.6) is 0 Å². The van der Waals surface area contributed by atoms with Gasteiger partial charge in [0, 0.05) is 0 Å². The summed E-state index contributed by atoms with van der Waals surface area (Å²) in [5.41, 5.74) is 0.702. The van der Waals surface area contributed by atoms with Crippen LogP contribution in [-0.4, -0.2) is 11.8 Å². The molecule has 0 bridgehead atoms. The maximum Gasteiger partial charge on any atom is -0.00712 e. The summed E-state index contributed by atoms with van der Waals surface area (Å²) >= 11 is 6.06. The minimum Gasteiger partial charge on any atom is -0.0962 e. The second kappa shape index (κ2) is 5.50. The van der Waals surface area contributed by atoms with Crippen molar-refractivity contribution in [2.75, 3.05) is 6.16 Å². The molecule has 9 heavy (non-hydrogen) atoms. The van der Waals surface area contributed by atoms with Crippen LogP contribution in [0.15, 0.2) is 0 Å². The summed E-state index contributed by atoms with van der Waals surface area (Å²) in [6, 6.07) is 0. The van der Waals surface area contributed by atoms with Crippen LogP contribution in [0.1, 0.15) is 33.6 Å². The Morgan fingerprint density at radius 2 is 2.00 bits per heavy atom. The van der Waals surface area contributed by atoms with Crippen LogP contribution >= 0.6 is 18.5 Å². The Kier molecular flexibility index (Phi) is 5.94. The van der Waals surface area contributed by atoms with Crippen LogP contribution in [0.25, 0.3) is 0 Å². The lowest BCUT2D eigenvalue weighted by Crippen LogP contribution is -1.91. The van der Waals surface area contributed by atoms with Gasteiger partial charge in [-0.25, -0.2) is 0 Å². The van der Waals surface area contributed by atoms with Crippen molar-refractivity contribution in [1.29, 1.82) is 0 Å². The van der Waals surface area contributed by atoms with E-state index in [4.69, 9.17) is 11.2 Å². The first-order valence-corrected chi connectivity index (χ1v) is 6.11. The molecule has 1 unspecified atom stereocenters. The van der Waals surface area contributed by atoms with Crippen molar-refractivity contribution in [3.05, 3.63) is 0 Å². The summed E-state index contributed by atoms with van der Waals surface area (Å²) in [6.45, 7) is 6.61. The number of hydrogen-bond acceptors (Lipinski definition) is 0. The summed E-state index contributed by atoms with van der Waals surface area (Å²) in [6.07, 6.45) is 3.82. The second-order valence-corrected chi connectivity index (χ2v) is 6.15. The molecule has 56 valence electrons. The molecule has 1 atom stereocenters. The van der Waals surface area contributed by atoms with Crippen LogP contribution in [0.3, 0.4) is 0 Å². The Morgan fingerprint density at radius 1 is 1.44 bits per heavy atom. The lowest BCUT2D eigenvalue weighted by atomic mass is 10.4. The topological polar surface area (TPSA) is 0 Å². The highest BCUT2D eigenvalue weighted by atomic mass is 35.7. The molecule has 0 nitrogen and oxygen atoms in total. The highest BCUT2D eigenvalue weighted by molar-refractivity contribution is 7.84. The Balaban J connectivity index is 3.16. The van der Waals surface area contributed by atoms with E-state index in [1.165, 1.54) is 19.0 Å². The van der Waals surface area contributed by atoms with Crippen molar-refractivity contribution in [2.45, 2.75) is 39.3 Å². The zero-order valence-corrected chi connectivity index (χ0v) is 8.17. The SMILES string of the molecule is CCCCP(Cl)C(C)C. The van der Waals surface area contributed by atoms with Gasteiger partial charge in [-0.15, -0.1) is 0 Å². The van der Waals surface area contributed by atoms with E-state index in [-0.39, 0.29) is 7.27 Å². The Labute approximate surface area is 64.5 Å². The average molecular weight is 167 g/mol. The summed E-state index contributed by atoms with van der Waals surface area (Å²) in [4.78, 5) is 0. The maximum atomic E-state index is 6.06. The van der Waals surface area contributed by atoms with E-state index in [1.807, 2.05) is 0 Å². The average Bonchev–Trinajstić information content (AvgIpc) is 1.82. The van der Waals surface area contributed by atoms with Crippen LogP contribution in [0.4, 0.5) is 0 Å². The molecule has 0 aromatic carbocycles. The van der Waals surface area contributed by atoms with Gasteiger partial charge < -0.3 is 0 Å². The molecule has 0 rings (SSSR count). The van der Waals surface area contributed by atoms with E-state index < -0.39 is 0 Å². The van der Waals surface area contributed by atoms with Crippen molar-refractivity contribution in [3.8, 4) is 0 Å². The van der Waals surface area contributed by atoms with Crippen LogP contribution in [0.2, 0.25) is 0 Å². The van der Waals surface area contributed by atoms with Crippen molar-refractivity contribution < 1.29 is 0 Å². The van der Waals surface area contributed by atoms with Crippen molar-refractivity contribution in [2.24, 2.45) is 0 Å². The summed E-state index contributed by atoms with van der Waals surface area (Å²) in [5.74, 6) is 0. The molecule has 0 aliphatic rings. The molecule has 0 aliphatic heterocycles. The van der Waals surface area contributed by atoms with Crippen LogP contribution in [0, 0.1) is 0 Å². The molecule has 0 aromatic rings. The molecule has 0 fully saturated rings. The third kappa shape index (κ3) is 5.18. The monoisotopic (exact) mass is 166 g/mol. The minimum absolute atomic E-state index is 0.173. The van der Waals surface area contributed by atoms with Crippen molar-refractivity contribution in [1.82, 2.24) is 0 Å². The lowest BCUT2D eigenvalue weighted by molar-refractivity contribution is 0.887. The van der Waals surface area contributed by atoms with E-state index >= 15 is 0 Å². The third-order valence-electron chi connectivity index (χ3n) is 1.29. The van der Waals surface area contributed by atoms with Gasteiger partial charge >= 0.3 is 0 Å². The van der Waals surface area contributed by atoms with Gasteiger partial charge in [-0.05, 0) is 25.5 Å². The van der Waals surface area contributed by atoms with E-state index in [1.54, 1.807) is 0 Å². The molecule has 0 spiro atoms. The fourth-order valence-electron chi connectivity index (χ4n) is 0.567. The Bertz CT molecular complexity index is 63.9. The molecule has 0 amide bonds. The first-order chi connectivity index (χ1) is 4.18. The molecule has 0 saturated carbocycles. The fourth-order valence-corrected chi connectivity index (χ4v) is 2.06. The van der Waals surface area contributed by atoms with Crippen LogP contribution in [-0.2, 0) is 0 Å². The van der Waals surface area contributed by atoms with Gasteiger partial charge in [0.25, 0.3) is 0 Å². The predicted octanol–water partition coefficient (Wildman–Crippen LogP) is 3.83. The van der Waals surface area contributed by atoms with Gasteiger partial charge in [-0.1, -0.05) is 38.4 Å².